The molecular formula is C21H20BrOP. The van der Waals surface area contributed by atoms with E-state index in [1.54, 1.807) is 7.11 Å². The fourth-order valence-electron chi connectivity index (χ4n) is 2.85. The number of halogens is 1. The van der Waals surface area contributed by atoms with Crippen LogP contribution in [0.25, 0.3) is 0 Å². The Hall–Kier alpha value is -1.89. The molecule has 0 fully saturated rings. The number of benzene rings is 3. The molecule has 0 spiro atoms. The second-order valence-electron chi connectivity index (χ2n) is 5.25. The van der Waals surface area contributed by atoms with Crippen LogP contribution >= 0.6 is 7.26 Å². The number of hydrogen-bond donors (Lipinski definition) is 0. The van der Waals surface area contributed by atoms with Crippen molar-refractivity contribution in [3.63, 3.8) is 0 Å². The van der Waals surface area contributed by atoms with Gasteiger partial charge in [0.15, 0.2) is 0 Å². The lowest BCUT2D eigenvalue weighted by Gasteiger charge is -2.23. The highest BCUT2D eigenvalue weighted by atomic mass is 79.9. The molecule has 0 unspecified atom stereocenters. The van der Waals surface area contributed by atoms with Crippen molar-refractivity contribution >= 4 is 23.2 Å². The van der Waals surface area contributed by atoms with Gasteiger partial charge in [-0.3, -0.25) is 0 Å². The van der Waals surface area contributed by atoms with E-state index in [1.165, 1.54) is 15.9 Å². The highest BCUT2D eigenvalue weighted by Gasteiger charge is 2.43. The van der Waals surface area contributed by atoms with Crippen molar-refractivity contribution in [1.29, 1.82) is 0 Å². The molecule has 0 saturated carbocycles. The number of hydrogen-bond acceptors (Lipinski definition) is 1. The van der Waals surface area contributed by atoms with Gasteiger partial charge in [-0.15, -0.1) is 0 Å². The molecule has 0 aliphatic rings. The first-order valence-electron chi connectivity index (χ1n) is 7.64. The van der Waals surface area contributed by atoms with Gasteiger partial charge in [0.05, 0.1) is 7.11 Å². The van der Waals surface area contributed by atoms with Crippen LogP contribution in [0.3, 0.4) is 0 Å². The normalized spacial score (nSPS) is 11.0. The zero-order chi connectivity index (χ0) is 16.0. The highest BCUT2D eigenvalue weighted by molar-refractivity contribution is 7.98. The second-order valence-corrected chi connectivity index (χ2v) is 8.54. The van der Waals surface area contributed by atoms with Crippen LogP contribution in [0.5, 0.6) is 0 Å². The third-order valence-electron chi connectivity index (χ3n) is 3.91. The summed E-state index contributed by atoms with van der Waals surface area (Å²) in [4.78, 5) is 0. The average Bonchev–Trinajstić information content (AvgIpc) is 2.65. The van der Waals surface area contributed by atoms with Gasteiger partial charge in [-0.1, -0.05) is 54.6 Å². The molecule has 0 amide bonds. The minimum absolute atomic E-state index is 0. The Kier molecular flexibility index (Phi) is 6.78. The summed E-state index contributed by atoms with van der Waals surface area (Å²) < 4.78 is 5.31. The molecule has 0 heterocycles. The van der Waals surface area contributed by atoms with Crippen LogP contribution in [0.4, 0.5) is 0 Å². The summed E-state index contributed by atoms with van der Waals surface area (Å²) in [5.74, 6) is 2.24. The maximum Gasteiger partial charge on any atom is 0.140 e. The van der Waals surface area contributed by atoms with Gasteiger partial charge < -0.3 is 21.7 Å². The van der Waals surface area contributed by atoms with E-state index >= 15 is 0 Å². The van der Waals surface area contributed by atoms with Gasteiger partial charge in [0.2, 0.25) is 0 Å². The molecule has 0 radical (unpaired) electrons. The molecule has 0 N–H and O–H groups in total. The van der Waals surface area contributed by atoms with Crippen LogP contribution in [0.2, 0.25) is 0 Å². The lowest BCUT2D eigenvalue weighted by atomic mass is 10.4. The Morgan fingerprint density at radius 3 is 1.25 bits per heavy atom. The van der Waals surface area contributed by atoms with Crippen molar-refractivity contribution in [2.24, 2.45) is 0 Å². The summed E-state index contributed by atoms with van der Waals surface area (Å²) >= 11 is 0. The summed E-state index contributed by atoms with van der Waals surface area (Å²) in [7, 11) is -0.175. The van der Waals surface area contributed by atoms with Crippen molar-refractivity contribution < 1.29 is 21.7 Å². The smallest absolute Gasteiger partial charge is 0.140 e. The first kappa shape index (κ1) is 18.4. The largest absolute Gasteiger partial charge is 1.00 e. The molecule has 24 heavy (non-hydrogen) atoms. The van der Waals surface area contributed by atoms with E-state index in [0.29, 0.717) is 0 Å². The second kappa shape index (κ2) is 8.82. The predicted octanol–water partition coefficient (Wildman–Crippen LogP) is 1.10. The number of ether oxygens (including phenoxy) is 1. The SMILES string of the molecule is CO/C=C/[P+](c1ccccc1)(c1ccccc1)c1ccccc1.[Br-]. The van der Waals surface area contributed by atoms with Crippen LogP contribution in [0.1, 0.15) is 0 Å². The summed E-state index contributed by atoms with van der Waals surface area (Å²) in [6.07, 6.45) is 1.82. The first-order chi connectivity index (χ1) is 11.4. The molecule has 0 atom stereocenters. The van der Waals surface area contributed by atoms with E-state index in [1.807, 2.05) is 6.26 Å². The molecule has 1 nitrogen and oxygen atoms in total. The van der Waals surface area contributed by atoms with Crippen molar-refractivity contribution in [2.75, 3.05) is 7.11 Å². The maximum atomic E-state index is 5.31. The number of rotatable bonds is 5. The summed E-state index contributed by atoms with van der Waals surface area (Å²) in [6.45, 7) is 0. The van der Waals surface area contributed by atoms with Gasteiger partial charge in [-0.25, -0.2) is 0 Å². The molecule has 0 aromatic heterocycles. The number of methoxy groups -OCH3 is 1. The van der Waals surface area contributed by atoms with Gasteiger partial charge in [0, 0.05) is 0 Å². The summed E-state index contributed by atoms with van der Waals surface area (Å²) in [6, 6.07) is 32.1. The Morgan fingerprint density at radius 2 is 0.958 bits per heavy atom. The van der Waals surface area contributed by atoms with Gasteiger partial charge in [0.1, 0.15) is 35.3 Å². The van der Waals surface area contributed by atoms with Gasteiger partial charge in [-0.05, 0) is 36.4 Å². The molecule has 0 saturated heterocycles. The Balaban J connectivity index is 0.00000208. The third-order valence-corrected chi connectivity index (χ3v) is 7.82. The average molecular weight is 399 g/mol. The van der Waals surface area contributed by atoms with E-state index in [9.17, 15) is 0 Å². The maximum absolute atomic E-state index is 5.31. The molecule has 3 aromatic rings. The molecule has 3 aromatic carbocycles. The van der Waals surface area contributed by atoms with Crippen molar-refractivity contribution in [3.05, 3.63) is 103 Å². The van der Waals surface area contributed by atoms with E-state index in [2.05, 4.69) is 96.8 Å². The molecule has 0 aliphatic carbocycles. The Labute approximate surface area is 155 Å². The van der Waals surface area contributed by atoms with Crippen molar-refractivity contribution in [1.82, 2.24) is 0 Å². The van der Waals surface area contributed by atoms with E-state index in [4.69, 9.17) is 4.74 Å². The Bertz CT molecular complexity index is 661. The van der Waals surface area contributed by atoms with Gasteiger partial charge >= 0.3 is 0 Å². The molecule has 0 bridgehead atoms. The lowest BCUT2D eigenvalue weighted by molar-refractivity contribution is -0.00000475. The standard InChI is InChI=1S/C21H20OP.BrH/c1-22-17-18-23(19-11-5-2-6-12-19,20-13-7-3-8-14-20)21-15-9-4-10-16-21;/h2-18H,1H3;1H/q+1;/p-1/b18-17+;. The molecule has 0 aliphatic heterocycles. The van der Waals surface area contributed by atoms with E-state index in [0.717, 1.165) is 0 Å². The predicted molar refractivity (Wildman–Crippen MR) is 101 cm³/mol. The van der Waals surface area contributed by atoms with Crippen molar-refractivity contribution in [3.8, 4) is 0 Å². The molecule has 3 heteroatoms. The third kappa shape index (κ3) is 3.61. The molecule has 3 rings (SSSR count). The van der Waals surface area contributed by atoms with Gasteiger partial charge in [0.25, 0.3) is 0 Å². The van der Waals surface area contributed by atoms with Crippen LogP contribution in [0, 0.1) is 0 Å². The zero-order valence-corrected chi connectivity index (χ0v) is 16.0. The Morgan fingerprint density at radius 1 is 0.625 bits per heavy atom. The molecule has 122 valence electrons. The molecular weight excluding hydrogens is 379 g/mol. The van der Waals surface area contributed by atoms with Crippen LogP contribution < -0.4 is 32.9 Å². The van der Waals surface area contributed by atoms with E-state index in [-0.39, 0.29) is 17.0 Å². The minimum Gasteiger partial charge on any atom is -1.00 e. The summed E-state index contributed by atoms with van der Waals surface area (Å²) in [5, 5.41) is 3.97. The quantitative estimate of drug-likeness (QED) is 0.462. The zero-order valence-electron chi connectivity index (χ0n) is 13.5. The topological polar surface area (TPSA) is 9.23 Å². The highest BCUT2D eigenvalue weighted by Crippen LogP contribution is 2.56. The van der Waals surface area contributed by atoms with Crippen LogP contribution in [-0.2, 0) is 4.74 Å². The van der Waals surface area contributed by atoms with E-state index < -0.39 is 7.26 Å². The van der Waals surface area contributed by atoms with Crippen LogP contribution in [0.15, 0.2) is 103 Å². The minimum atomic E-state index is -1.88. The summed E-state index contributed by atoms with van der Waals surface area (Å²) in [5.41, 5.74) is 0. The fourth-order valence-corrected chi connectivity index (χ4v) is 6.49. The monoisotopic (exact) mass is 398 g/mol. The lowest BCUT2D eigenvalue weighted by Crippen LogP contribution is -3.00. The van der Waals surface area contributed by atoms with Crippen LogP contribution in [-0.4, -0.2) is 7.11 Å². The fraction of sp³-hybridized carbons (Fsp3) is 0.0476. The first-order valence-corrected chi connectivity index (χ1v) is 9.50. The van der Waals surface area contributed by atoms with Gasteiger partial charge in [-0.2, -0.15) is 0 Å². The van der Waals surface area contributed by atoms with Crippen molar-refractivity contribution in [2.45, 2.75) is 0 Å².